The van der Waals surface area contributed by atoms with Crippen LogP contribution < -0.4 is 5.32 Å². The van der Waals surface area contributed by atoms with Gasteiger partial charge in [0.2, 0.25) is 0 Å². The predicted molar refractivity (Wildman–Crippen MR) is 68.4 cm³/mol. The summed E-state index contributed by atoms with van der Waals surface area (Å²) in [5.41, 5.74) is 1.02. The Morgan fingerprint density at radius 3 is 3.12 bits per heavy atom. The van der Waals surface area contributed by atoms with Crippen LogP contribution >= 0.6 is 0 Å². The van der Waals surface area contributed by atoms with E-state index in [0.717, 1.165) is 25.2 Å². The third-order valence-corrected chi connectivity index (χ3v) is 3.50. The van der Waals surface area contributed by atoms with E-state index >= 15 is 0 Å². The first-order chi connectivity index (χ1) is 8.29. The molecule has 3 heteroatoms. The third-order valence-electron chi connectivity index (χ3n) is 3.50. The normalized spacial score (nSPS) is 20.9. The maximum absolute atomic E-state index is 13.0. The lowest BCUT2D eigenvalue weighted by atomic mass is 10.2. The first-order valence-corrected chi connectivity index (χ1v) is 6.49. The lowest BCUT2D eigenvalue weighted by Gasteiger charge is -2.23. The zero-order valence-corrected chi connectivity index (χ0v) is 10.5. The Hall–Kier alpha value is -0.930. The number of nitrogens with one attached hydrogen (secondary N) is 1. The van der Waals surface area contributed by atoms with E-state index in [0.29, 0.717) is 6.04 Å². The van der Waals surface area contributed by atoms with E-state index in [9.17, 15) is 4.39 Å². The largest absolute Gasteiger partial charge is 0.311 e. The molecule has 1 unspecified atom stereocenters. The van der Waals surface area contributed by atoms with Gasteiger partial charge in [-0.25, -0.2) is 4.39 Å². The molecule has 1 N–H and O–H groups in total. The second-order valence-corrected chi connectivity index (χ2v) is 4.69. The Bertz CT molecular complexity index is 354. The van der Waals surface area contributed by atoms with Crippen LogP contribution in [0.4, 0.5) is 4.39 Å². The quantitative estimate of drug-likeness (QED) is 0.844. The maximum Gasteiger partial charge on any atom is 0.123 e. The smallest absolute Gasteiger partial charge is 0.123 e. The Labute approximate surface area is 103 Å². The van der Waals surface area contributed by atoms with Gasteiger partial charge in [0.1, 0.15) is 5.82 Å². The van der Waals surface area contributed by atoms with Crippen molar-refractivity contribution >= 4 is 0 Å². The summed E-state index contributed by atoms with van der Waals surface area (Å²) in [5, 5.41) is 3.43. The molecule has 0 aromatic heterocycles. The number of hydrogen-bond donors (Lipinski definition) is 1. The molecule has 1 aromatic rings. The van der Waals surface area contributed by atoms with Crippen molar-refractivity contribution in [3.63, 3.8) is 0 Å². The summed E-state index contributed by atoms with van der Waals surface area (Å²) in [6, 6.07) is 7.47. The number of hydrogen-bond acceptors (Lipinski definition) is 2. The van der Waals surface area contributed by atoms with Crippen molar-refractivity contribution in [2.24, 2.45) is 0 Å². The zero-order valence-electron chi connectivity index (χ0n) is 10.5. The molecule has 0 spiro atoms. The maximum atomic E-state index is 13.0. The van der Waals surface area contributed by atoms with Gasteiger partial charge in [-0.15, -0.1) is 0 Å². The summed E-state index contributed by atoms with van der Waals surface area (Å²) in [5.74, 6) is -0.152. The van der Waals surface area contributed by atoms with Crippen LogP contribution in [0.1, 0.15) is 25.3 Å². The van der Waals surface area contributed by atoms with Gasteiger partial charge in [0, 0.05) is 19.1 Å². The number of halogens is 1. The van der Waals surface area contributed by atoms with Crippen molar-refractivity contribution in [1.29, 1.82) is 0 Å². The molecule has 1 aliphatic heterocycles. The molecule has 0 saturated carbocycles. The van der Waals surface area contributed by atoms with Crippen LogP contribution in [0.25, 0.3) is 0 Å². The lowest BCUT2D eigenvalue weighted by molar-refractivity contribution is 0.260. The van der Waals surface area contributed by atoms with Crippen LogP contribution in [0.2, 0.25) is 0 Å². The topological polar surface area (TPSA) is 15.3 Å². The predicted octanol–water partition coefficient (Wildman–Crippen LogP) is 2.40. The summed E-state index contributed by atoms with van der Waals surface area (Å²) in [7, 11) is 0. The Morgan fingerprint density at radius 2 is 2.35 bits per heavy atom. The van der Waals surface area contributed by atoms with Crippen molar-refractivity contribution in [3.8, 4) is 0 Å². The molecular weight excluding hydrogens is 215 g/mol. The van der Waals surface area contributed by atoms with Crippen molar-refractivity contribution in [2.45, 2.75) is 32.4 Å². The molecular formula is C14H21FN2. The van der Waals surface area contributed by atoms with E-state index in [-0.39, 0.29) is 5.82 Å². The van der Waals surface area contributed by atoms with Gasteiger partial charge in [0.15, 0.2) is 0 Å². The standard InChI is InChI=1S/C14H21FN2/c1-2-17-8-4-7-14(17)11-16-10-12-5-3-6-13(15)9-12/h3,5-6,9,14,16H,2,4,7-8,10-11H2,1H3. The number of benzene rings is 1. The van der Waals surface area contributed by atoms with Crippen molar-refractivity contribution in [2.75, 3.05) is 19.6 Å². The molecule has 1 heterocycles. The van der Waals surface area contributed by atoms with Gasteiger partial charge in [-0.2, -0.15) is 0 Å². The Morgan fingerprint density at radius 1 is 1.47 bits per heavy atom. The van der Waals surface area contributed by atoms with Gasteiger partial charge in [0.25, 0.3) is 0 Å². The van der Waals surface area contributed by atoms with E-state index in [4.69, 9.17) is 0 Å². The lowest BCUT2D eigenvalue weighted by Crippen LogP contribution is -2.37. The highest BCUT2D eigenvalue weighted by Crippen LogP contribution is 2.15. The fourth-order valence-corrected chi connectivity index (χ4v) is 2.57. The van der Waals surface area contributed by atoms with Crippen molar-refractivity contribution in [3.05, 3.63) is 35.6 Å². The first-order valence-electron chi connectivity index (χ1n) is 6.49. The molecule has 1 saturated heterocycles. The molecule has 1 aromatic carbocycles. The van der Waals surface area contributed by atoms with Crippen LogP contribution in [0.5, 0.6) is 0 Å². The highest BCUT2D eigenvalue weighted by molar-refractivity contribution is 5.15. The minimum absolute atomic E-state index is 0.152. The van der Waals surface area contributed by atoms with Crippen LogP contribution in [-0.4, -0.2) is 30.6 Å². The van der Waals surface area contributed by atoms with E-state index in [1.807, 2.05) is 6.07 Å². The van der Waals surface area contributed by atoms with Crippen molar-refractivity contribution in [1.82, 2.24) is 10.2 Å². The summed E-state index contributed by atoms with van der Waals surface area (Å²) in [6.07, 6.45) is 2.59. The fourth-order valence-electron chi connectivity index (χ4n) is 2.57. The molecule has 2 nitrogen and oxygen atoms in total. The second kappa shape index (κ2) is 6.12. The SMILES string of the molecule is CCN1CCCC1CNCc1cccc(F)c1. The molecule has 0 aliphatic carbocycles. The zero-order chi connectivity index (χ0) is 12.1. The molecule has 1 atom stereocenters. The highest BCUT2D eigenvalue weighted by Gasteiger charge is 2.21. The van der Waals surface area contributed by atoms with Gasteiger partial charge >= 0.3 is 0 Å². The third kappa shape index (κ3) is 3.51. The molecule has 94 valence electrons. The summed E-state index contributed by atoms with van der Waals surface area (Å²) < 4.78 is 13.0. The molecule has 0 radical (unpaired) electrons. The van der Waals surface area contributed by atoms with Crippen LogP contribution in [0.15, 0.2) is 24.3 Å². The number of rotatable bonds is 5. The van der Waals surface area contributed by atoms with E-state index in [1.165, 1.54) is 25.5 Å². The number of likely N-dealkylation sites (tertiary alicyclic amines) is 1. The molecule has 17 heavy (non-hydrogen) atoms. The summed E-state index contributed by atoms with van der Waals surface area (Å²) in [6.45, 7) is 6.33. The van der Waals surface area contributed by atoms with Crippen LogP contribution in [0, 0.1) is 5.82 Å². The average molecular weight is 236 g/mol. The molecule has 1 aliphatic rings. The van der Waals surface area contributed by atoms with Gasteiger partial charge < -0.3 is 5.32 Å². The summed E-state index contributed by atoms with van der Waals surface area (Å²) >= 11 is 0. The Balaban J connectivity index is 1.76. The van der Waals surface area contributed by atoms with E-state index in [2.05, 4.69) is 17.1 Å². The monoisotopic (exact) mass is 236 g/mol. The molecule has 1 fully saturated rings. The number of likely N-dealkylation sites (N-methyl/N-ethyl adjacent to an activating group) is 1. The van der Waals surface area contributed by atoms with E-state index in [1.54, 1.807) is 12.1 Å². The fraction of sp³-hybridized carbons (Fsp3) is 0.571. The van der Waals surface area contributed by atoms with Gasteiger partial charge in [0.05, 0.1) is 0 Å². The van der Waals surface area contributed by atoms with E-state index < -0.39 is 0 Å². The van der Waals surface area contributed by atoms with Crippen LogP contribution in [0.3, 0.4) is 0 Å². The highest BCUT2D eigenvalue weighted by atomic mass is 19.1. The molecule has 0 amide bonds. The average Bonchev–Trinajstić information content (AvgIpc) is 2.77. The molecule has 2 rings (SSSR count). The number of nitrogens with zero attached hydrogens (tertiary/aromatic N) is 1. The van der Waals surface area contributed by atoms with Gasteiger partial charge in [-0.3, -0.25) is 4.90 Å². The van der Waals surface area contributed by atoms with Gasteiger partial charge in [-0.1, -0.05) is 19.1 Å². The van der Waals surface area contributed by atoms with Crippen LogP contribution in [-0.2, 0) is 6.54 Å². The van der Waals surface area contributed by atoms with Gasteiger partial charge in [-0.05, 0) is 43.6 Å². The summed E-state index contributed by atoms with van der Waals surface area (Å²) in [4.78, 5) is 2.51. The van der Waals surface area contributed by atoms with Crippen molar-refractivity contribution < 1.29 is 4.39 Å². The minimum Gasteiger partial charge on any atom is -0.311 e. The minimum atomic E-state index is -0.152. The molecule has 0 bridgehead atoms. The Kier molecular flexibility index (Phi) is 4.51. The first kappa shape index (κ1) is 12.5. The second-order valence-electron chi connectivity index (χ2n) is 4.69.